The second kappa shape index (κ2) is 5.49. The van der Waals surface area contributed by atoms with Gasteiger partial charge in [-0.1, -0.05) is 19.1 Å². The third-order valence-corrected chi connectivity index (χ3v) is 4.58. The molecule has 3 rings (SSSR count). The third kappa shape index (κ3) is 2.76. The van der Waals surface area contributed by atoms with Crippen molar-refractivity contribution < 1.29 is 4.39 Å². The standard InChI is InChI=1S/C16H23FN2/c1-2-18-9-7-14(11-18)13-3-5-16(6-4-13)19-10-8-15(17)12-19/h3-6,14-15H,2,7-12H2,1H3. The largest absolute Gasteiger partial charge is 0.369 e. The number of anilines is 1. The molecule has 0 N–H and O–H groups in total. The summed E-state index contributed by atoms with van der Waals surface area (Å²) in [5, 5.41) is 0. The Bertz CT molecular complexity index is 417. The van der Waals surface area contributed by atoms with Crippen LogP contribution in [-0.4, -0.2) is 43.8 Å². The average Bonchev–Trinajstić information content (AvgIpc) is 3.07. The maximum atomic E-state index is 13.2. The quantitative estimate of drug-likeness (QED) is 0.826. The van der Waals surface area contributed by atoms with Crippen molar-refractivity contribution in [2.24, 2.45) is 0 Å². The van der Waals surface area contributed by atoms with Crippen LogP contribution in [0, 0.1) is 0 Å². The van der Waals surface area contributed by atoms with Crippen LogP contribution in [0.2, 0.25) is 0 Å². The van der Waals surface area contributed by atoms with Gasteiger partial charge in [0.15, 0.2) is 0 Å². The molecule has 0 saturated carbocycles. The van der Waals surface area contributed by atoms with Gasteiger partial charge in [0.2, 0.25) is 0 Å². The van der Waals surface area contributed by atoms with Crippen molar-refractivity contribution >= 4 is 5.69 Å². The first-order chi connectivity index (χ1) is 9.26. The van der Waals surface area contributed by atoms with E-state index in [0.717, 1.165) is 13.1 Å². The molecule has 0 radical (unpaired) electrons. The molecule has 19 heavy (non-hydrogen) atoms. The molecule has 3 heteroatoms. The van der Waals surface area contributed by atoms with E-state index < -0.39 is 6.17 Å². The third-order valence-electron chi connectivity index (χ3n) is 4.58. The maximum absolute atomic E-state index is 13.2. The van der Waals surface area contributed by atoms with E-state index in [0.29, 0.717) is 18.9 Å². The molecule has 2 unspecified atom stereocenters. The Morgan fingerprint density at radius 1 is 1.11 bits per heavy atom. The smallest absolute Gasteiger partial charge is 0.119 e. The van der Waals surface area contributed by atoms with Gasteiger partial charge in [-0.2, -0.15) is 0 Å². The first-order valence-corrected chi connectivity index (χ1v) is 7.47. The highest BCUT2D eigenvalue weighted by Crippen LogP contribution is 2.29. The summed E-state index contributed by atoms with van der Waals surface area (Å²) in [6, 6.07) is 8.82. The number of likely N-dealkylation sites (N-methyl/N-ethyl adjacent to an activating group) is 1. The van der Waals surface area contributed by atoms with Crippen LogP contribution in [0.1, 0.15) is 31.2 Å². The van der Waals surface area contributed by atoms with E-state index in [-0.39, 0.29) is 0 Å². The predicted octanol–water partition coefficient (Wildman–Crippen LogP) is 3.04. The molecule has 2 nitrogen and oxygen atoms in total. The molecule has 1 aromatic rings. The number of halogens is 1. The van der Waals surface area contributed by atoms with E-state index in [2.05, 4.69) is 41.0 Å². The summed E-state index contributed by atoms with van der Waals surface area (Å²) >= 11 is 0. The van der Waals surface area contributed by atoms with Gasteiger partial charge in [0.05, 0.1) is 0 Å². The summed E-state index contributed by atoms with van der Waals surface area (Å²) in [5.74, 6) is 0.682. The number of alkyl halides is 1. The molecule has 2 atom stereocenters. The Labute approximate surface area is 115 Å². The van der Waals surface area contributed by atoms with Crippen molar-refractivity contribution in [1.82, 2.24) is 4.90 Å². The van der Waals surface area contributed by atoms with Crippen LogP contribution in [0.25, 0.3) is 0 Å². The van der Waals surface area contributed by atoms with Crippen molar-refractivity contribution in [1.29, 1.82) is 0 Å². The highest BCUT2D eigenvalue weighted by atomic mass is 19.1. The SMILES string of the molecule is CCN1CCC(c2ccc(N3CCC(F)C3)cc2)C1. The summed E-state index contributed by atoms with van der Waals surface area (Å²) in [4.78, 5) is 4.66. The lowest BCUT2D eigenvalue weighted by atomic mass is 9.98. The average molecular weight is 262 g/mol. The van der Waals surface area contributed by atoms with E-state index in [9.17, 15) is 4.39 Å². The topological polar surface area (TPSA) is 6.48 Å². The molecule has 0 aromatic heterocycles. The fourth-order valence-electron chi connectivity index (χ4n) is 3.30. The lowest BCUT2D eigenvalue weighted by Crippen LogP contribution is -2.20. The predicted molar refractivity (Wildman–Crippen MR) is 77.6 cm³/mol. The fraction of sp³-hybridized carbons (Fsp3) is 0.625. The van der Waals surface area contributed by atoms with Gasteiger partial charge in [-0.15, -0.1) is 0 Å². The van der Waals surface area contributed by atoms with Crippen molar-refractivity contribution in [2.45, 2.75) is 31.9 Å². The number of hydrogen-bond donors (Lipinski definition) is 0. The van der Waals surface area contributed by atoms with Crippen LogP contribution in [0.4, 0.5) is 10.1 Å². The minimum Gasteiger partial charge on any atom is -0.369 e. The van der Waals surface area contributed by atoms with Crippen LogP contribution in [0.15, 0.2) is 24.3 Å². The maximum Gasteiger partial charge on any atom is 0.119 e. The lowest BCUT2D eigenvalue weighted by molar-refractivity contribution is 0.354. The number of likely N-dealkylation sites (tertiary alicyclic amines) is 1. The molecular formula is C16H23FN2. The second-order valence-electron chi connectivity index (χ2n) is 5.80. The van der Waals surface area contributed by atoms with Crippen LogP contribution >= 0.6 is 0 Å². The highest BCUT2D eigenvalue weighted by Gasteiger charge is 2.24. The van der Waals surface area contributed by atoms with Crippen LogP contribution in [-0.2, 0) is 0 Å². The molecule has 2 fully saturated rings. The molecule has 0 amide bonds. The molecule has 0 aliphatic carbocycles. The molecule has 2 aliphatic rings. The van der Waals surface area contributed by atoms with Gasteiger partial charge in [0.25, 0.3) is 0 Å². The van der Waals surface area contributed by atoms with E-state index in [1.54, 1.807) is 0 Å². The van der Waals surface area contributed by atoms with Gasteiger partial charge in [-0.3, -0.25) is 0 Å². The van der Waals surface area contributed by atoms with Crippen LogP contribution in [0.3, 0.4) is 0 Å². The van der Waals surface area contributed by atoms with E-state index in [1.165, 1.54) is 30.8 Å². The van der Waals surface area contributed by atoms with Gasteiger partial charge >= 0.3 is 0 Å². The van der Waals surface area contributed by atoms with E-state index in [4.69, 9.17) is 0 Å². The summed E-state index contributed by atoms with van der Waals surface area (Å²) in [5.41, 5.74) is 2.62. The molecular weight excluding hydrogens is 239 g/mol. The van der Waals surface area contributed by atoms with Crippen molar-refractivity contribution in [3.8, 4) is 0 Å². The Morgan fingerprint density at radius 3 is 2.47 bits per heavy atom. The molecule has 2 heterocycles. The highest BCUT2D eigenvalue weighted by molar-refractivity contribution is 5.49. The lowest BCUT2D eigenvalue weighted by Gasteiger charge is -2.19. The van der Waals surface area contributed by atoms with Gasteiger partial charge in [0.1, 0.15) is 6.17 Å². The number of nitrogens with zero attached hydrogens (tertiary/aromatic N) is 2. The first-order valence-electron chi connectivity index (χ1n) is 7.47. The second-order valence-corrected chi connectivity index (χ2v) is 5.80. The summed E-state index contributed by atoms with van der Waals surface area (Å²) < 4.78 is 13.2. The summed E-state index contributed by atoms with van der Waals surface area (Å²) in [6.07, 6.45) is 1.30. The van der Waals surface area contributed by atoms with Crippen LogP contribution < -0.4 is 4.90 Å². The normalized spacial score (nSPS) is 28.2. The van der Waals surface area contributed by atoms with Crippen molar-refractivity contribution in [3.63, 3.8) is 0 Å². The zero-order valence-electron chi connectivity index (χ0n) is 11.7. The molecule has 0 bridgehead atoms. The summed E-state index contributed by atoms with van der Waals surface area (Å²) in [6.45, 7) is 7.21. The minimum absolute atomic E-state index is 0.562. The number of rotatable bonds is 3. The number of benzene rings is 1. The minimum atomic E-state index is -0.646. The van der Waals surface area contributed by atoms with Crippen molar-refractivity contribution in [2.75, 3.05) is 37.6 Å². The Kier molecular flexibility index (Phi) is 3.74. The zero-order chi connectivity index (χ0) is 13.2. The molecule has 2 aliphatic heterocycles. The molecule has 1 aromatic carbocycles. The molecule has 104 valence electrons. The molecule has 2 saturated heterocycles. The van der Waals surface area contributed by atoms with Gasteiger partial charge in [0, 0.05) is 25.3 Å². The fourth-order valence-corrected chi connectivity index (χ4v) is 3.30. The Balaban J connectivity index is 1.66. The first kappa shape index (κ1) is 12.9. The van der Waals surface area contributed by atoms with Gasteiger partial charge < -0.3 is 9.80 Å². The monoisotopic (exact) mass is 262 g/mol. The van der Waals surface area contributed by atoms with E-state index in [1.807, 2.05) is 0 Å². The Hall–Kier alpha value is -1.09. The number of hydrogen-bond acceptors (Lipinski definition) is 2. The Morgan fingerprint density at radius 2 is 1.89 bits per heavy atom. The molecule has 0 spiro atoms. The van der Waals surface area contributed by atoms with Gasteiger partial charge in [-0.05, 0) is 49.5 Å². The van der Waals surface area contributed by atoms with Crippen LogP contribution in [0.5, 0.6) is 0 Å². The summed E-state index contributed by atoms with van der Waals surface area (Å²) in [7, 11) is 0. The van der Waals surface area contributed by atoms with E-state index >= 15 is 0 Å². The zero-order valence-corrected chi connectivity index (χ0v) is 11.7. The van der Waals surface area contributed by atoms with Gasteiger partial charge in [-0.25, -0.2) is 4.39 Å². The van der Waals surface area contributed by atoms with Crippen molar-refractivity contribution in [3.05, 3.63) is 29.8 Å².